The van der Waals surface area contributed by atoms with Gasteiger partial charge < -0.3 is 24.4 Å². The van der Waals surface area contributed by atoms with E-state index in [1.54, 1.807) is 50.9 Å². The molecule has 0 radical (unpaired) electrons. The van der Waals surface area contributed by atoms with Crippen molar-refractivity contribution in [2.75, 3.05) is 38.8 Å². The number of carbonyl (C=O) groups excluding carboxylic acids is 1. The summed E-state index contributed by atoms with van der Waals surface area (Å²) >= 11 is 0. The lowest BCUT2D eigenvalue weighted by molar-refractivity contribution is 0.0954. The fraction of sp³-hybridized carbons (Fsp3) is 0.346. The summed E-state index contributed by atoms with van der Waals surface area (Å²) in [5.74, 6) is 3.08. The fourth-order valence-corrected chi connectivity index (χ4v) is 3.96. The van der Waals surface area contributed by atoms with Gasteiger partial charge in [-0.25, -0.2) is 9.97 Å². The van der Waals surface area contributed by atoms with Crippen molar-refractivity contribution in [3.63, 3.8) is 0 Å². The molecule has 1 fully saturated rings. The van der Waals surface area contributed by atoms with Gasteiger partial charge in [-0.15, -0.1) is 0 Å². The van der Waals surface area contributed by atoms with Crippen molar-refractivity contribution in [2.45, 2.75) is 25.7 Å². The molecule has 0 bridgehead atoms. The van der Waals surface area contributed by atoms with Gasteiger partial charge in [0.1, 0.15) is 5.75 Å². The third-order valence-electron chi connectivity index (χ3n) is 5.78. The molecule has 1 N–H and O–H groups in total. The Morgan fingerprint density at radius 2 is 1.68 bits per heavy atom. The number of aromatic nitrogens is 2. The highest BCUT2D eigenvalue weighted by Gasteiger charge is 2.18. The van der Waals surface area contributed by atoms with Crippen molar-refractivity contribution in [1.29, 1.82) is 0 Å². The standard InChI is InChI=1S/C26H30N4O4/c1-32-22-11-6-19(18-23(22)33-2)12-13-28-25(31)20-7-9-21(10-8-20)34-26-24(27-14-15-29-26)30-16-4-3-5-17-30/h6-11,14-15,18H,3-5,12-13,16-17H2,1-2H3,(H,28,31). The highest BCUT2D eigenvalue weighted by molar-refractivity contribution is 5.94. The molecule has 8 nitrogen and oxygen atoms in total. The Bertz CT molecular complexity index is 1100. The average Bonchev–Trinajstić information content (AvgIpc) is 2.89. The number of rotatable bonds is 9. The number of nitrogens with zero attached hydrogens (tertiary/aromatic N) is 3. The summed E-state index contributed by atoms with van der Waals surface area (Å²) in [6.45, 7) is 2.42. The molecule has 4 rings (SSSR count). The van der Waals surface area contributed by atoms with Crippen LogP contribution in [0.25, 0.3) is 0 Å². The van der Waals surface area contributed by atoms with E-state index in [-0.39, 0.29) is 5.91 Å². The minimum Gasteiger partial charge on any atom is -0.493 e. The molecule has 1 aromatic heterocycles. The molecule has 0 spiro atoms. The predicted molar refractivity (Wildman–Crippen MR) is 130 cm³/mol. The van der Waals surface area contributed by atoms with Crippen LogP contribution >= 0.6 is 0 Å². The van der Waals surface area contributed by atoms with E-state index in [1.807, 2.05) is 18.2 Å². The van der Waals surface area contributed by atoms with E-state index < -0.39 is 0 Å². The molecule has 0 saturated carbocycles. The first kappa shape index (κ1) is 23.4. The maximum absolute atomic E-state index is 12.6. The van der Waals surface area contributed by atoms with Gasteiger partial charge in [0.2, 0.25) is 0 Å². The van der Waals surface area contributed by atoms with Crippen LogP contribution in [-0.4, -0.2) is 49.7 Å². The van der Waals surface area contributed by atoms with Gasteiger partial charge in [0.25, 0.3) is 11.8 Å². The fourth-order valence-electron chi connectivity index (χ4n) is 3.96. The van der Waals surface area contributed by atoms with E-state index in [0.717, 1.165) is 37.3 Å². The Morgan fingerprint density at radius 1 is 0.941 bits per heavy atom. The second-order valence-corrected chi connectivity index (χ2v) is 8.05. The monoisotopic (exact) mass is 462 g/mol. The summed E-state index contributed by atoms with van der Waals surface area (Å²) in [6, 6.07) is 12.8. The van der Waals surface area contributed by atoms with Gasteiger partial charge in [-0.05, 0) is 67.6 Å². The number of benzene rings is 2. The third kappa shape index (κ3) is 5.75. The molecule has 178 valence electrons. The van der Waals surface area contributed by atoms with Crippen LogP contribution in [0, 0.1) is 0 Å². The summed E-state index contributed by atoms with van der Waals surface area (Å²) < 4.78 is 16.6. The Hall–Kier alpha value is -3.81. The summed E-state index contributed by atoms with van der Waals surface area (Å²) in [5.41, 5.74) is 1.62. The molecule has 3 aromatic rings. The number of piperidine rings is 1. The van der Waals surface area contributed by atoms with Crippen LogP contribution in [0.4, 0.5) is 5.82 Å². The summed E-state index contributed by atoms with van der Waals surface area (Å²) in [6.07, 6.45) is 7.52. The summed E-state index contributed by atoms with van der Waals surface area (Å²) in [5, 5.41) is 2.95. The zero-order valence-electron chi connectivity index (χ0n) is 19.6. The first-order valence-corrected chi connectivity index (χ1v) is 11.5. The van der Waals surface area contributed by atoms with Crippen LogP contribution in [0.1, 0.15) is 35.2 Å². The quantitative estimate of drug-likeness (QED) is 0.509. The molecule has 1 aliphatic heterocycles. The topological polar surface area (TPSA) is 85.8 Å². The van der Waals surface area contributed by atoms with Crippen molar-refractivity contribution in [3.05, 3.63) is 66.0 Å². The highest BCUT2D eigenvalue weighted by atomic mass is 16.5. The smallest absolute Gasteiger partial charge is 0.263 e. The minimum atomic E-state index is -0.138. The number of methoxy groups -OCH3 is 2. The first-order valence-electron chi connectivity index (χ1n) is 11.5. The van der Waals surface area contributed by atoms with E-state index >= 15 is 0 Å². The number of hydrogen-bond acceptors (Lipinski definition) is 7. The Kier molecular flexibility index (Phi) is 7.80. The Morgan fingerprint density at radius 3 is 2.41 bits per heavy atom. The van der Waals surface area contributed by atoms with E-state index in [1.165, 1.54) is 6.42 Å². The molecule has 1 saturated heterocycles. The zero-order valence-corrected chi connectivity index (χ0v) is 19.6. The maximum atomic E-state index is 12.6. The maximum Gasteiger partial charge on any atom is 0.263 e. The number of anilines is 1. The van der Waals surface area contributed by atoms with Gasteiger partial charge in [0, 0.05) is 37.6 Å². The summed E-state index contributed by atoms with van der Waals surface area (Å²) in [7, 11) is 3.21. The molecular formula is C26H30N4O4. The van der Waals surface area contributed by atoms with E-state index in [0.29, 0.717) is 41.7 Å². The number of ether oxygens (including phenoxy) is 3. The first-order chi connectivity index (χ1) is 16.7. The van der Waals surface area contributed by atoms with Gasteiger partial charge in [0.05, 0.1) is 14.2 Å². The molecule has 1 aliphatic rings. The van der Waals surface area contributed by atoms with E-state index in [4.69, 9.17) is 14.2 Å². The highest BCUT2D eigenvalue weighted by Crippen LogP contribution is 2.30. The van der Waals surface area contributed by atoms with Crippen LogP contribution in [0.3, 0.4) is 0 Å². The predicted octanol–water partition coefficient (Wildman–Crippen LogP) is 4.25. The molecular weight excluding hydrogens is 432 g/mol. The minimum absolute atomic E-state index is 0.138. The number of carbonyl (C=O) groups is 1. The van der Waals surface area contributed by atoms with Gasteiger partial charge in [-0.1, -0.05) is 6.07 Å². The average molecular weight is 463 g/mol. The van der Waals surface area contributed by atoms with Crippen LogP contribution in [0.5, 0.6) is 23.1 Å². The molecule has 8 heteroatoms. The van der Waals surface area contributed by atoms with E-state index in [2.05, 4.69) is 20.2 Å². The molecule has 0 atom stereocenters. The van der Waals surface area contributed by atoms with Crippen LogP contribution in [-0.2, 0) is 6.42 Å². The molecule has 34 heavy (non-hydrogen) atoms. The van der Waals surface area contributed by atoms with Crippen molar-refractivity contribution in [2.24, 2.45) is 0 Å². The molecule has 1 amide bonds. The molecule has 2 heterocycles. The number of hydrogen-bond donors (Lipinski definition) is 1. The van der Waals surface area contributed by atoms with Gasteiger partial charge in [0.15, 0.2) is 17.3 Å². The second kappa shape index (κ2) is 11.4. The zero-order chi connectivity index (χ0) is 23.8. The lowest BCUT2D eigenvalue weighted by Gasteiger charge is -2.28. The second-order valence-electron chi connectivity index (χ2n) is 8.05. The Labute approximate surface area is 199 Å². The van der Waals surface area contributed by atoms with Gasteiger partial charge >= 0.3 is 0 Å². The van der Waals surface area contributed by atoms with Gasteiger partial charge in [-0.2, -0.15) is 0 Å². The number of amides is 1. The van der Waals surface area contributed by atoms with Crippen molar-refractivity contribution in [1.82, 2.24) is 15.3 Å². The van der Waals surface area contributed by atoms with Crippen molar-refractivity contribution in [3.8, 4) is 23.1 Å². The Balaban J connectivity index is 1.33. The van der Waals surface area contributed by atoms with Crippen LogP contribution in [0.2, 0.25) is 0 Å². The SMILES string of the molecule is COc1ccc(CCNC(=O)c2ccc(Oc3nccnc3N3CCCCC3)cc2)cc1OC. The molecule has 0 aliphatic carbocycles. The van der Waals surface area contributed by atoms with Crippen molar-refractivity contribution >= 4 is 11.7 Å². The lowest BCUT2D eigenvalue weighted by Crippen LogP contribution is -2.30. The van der Waals surface area contributed by atoms with Gasteiger partial charge in [-0.3, -0.25) is 4.79 Å². The molecule has 0 unspecified atom stereocenters. The van der Waals surface area contributed by atoms with Crippen molar-refractivity contribution < 1.29 is 19.0 Å². The lowest BCUT2D eigenvalue weighted by atomic mass is 10.1. The van der Waals surface area contributed by atoms with E-state index in [9.17, 15) is 4.79 Å². The largest absolute Gasteiger partial charge is 0.493 e. The number of nitrogens with one attached hydrogen (secondary N) is 1. The molecule has 2 aromatic carbocycles. The third-order valence-corrected chi connectivity index (χ3v) is 5.78. The normalized spacial score (nSPS) is 13.3. The summed E-state index contributed by atoms with van der Waals surface area (Å²) in [4.78, 5) is 23.6. The van der Waals surface area contributed by atoms with Crippen LogP contribution in [0.15, 0.2) is 54.9 Å². The van der Waals surface area contributed by atoms with Crippen LogP contribution < -0.4 is 24.4 Å².